The summed E-state index contributed by atoms with van der Waals surface area (Å²) in [6, 6.07) is 2.05. The zero-order chi connectivity index (χ0) is 18.4. The van der Waals surface area contributed by atoms with E-state index in [0.29, 0.717) is 0 Å². The summed E-state index contributed by atoms with van der Waals surface area (Å²) in [6.07, 6.45) is 6.44. The smallest absolute Gasteiger partial charge is 0.254 e. The molecule has 1 aromatic heterocycles. The van der Waals surface area contributed by atoms with Crippen molar-refractivity contribution >= 4 is 23.5 Å². The molecular weight excluding hydrogens is 346 g/mol. The number of pyridine rings is 1. The Morgan fingerprint density at radius 2 is 2.08 bits per heavy atom. The number of nitrogens with one attached hydrogen (secondary N) is 1. The molecule has 3 rings (SSSR count). The van der Waals surface area contributed by atoms with Crippen LogP contribution in [0.1, 0.15) is 54.9 Å². The van der Waals surface area contributed by atoms with E-state index in [0.717, 1.165) is 72.9 Å². The molecule has 1 aliphatic heterocycles. The fourth-order valence-electron chi connectivity index (χ4n) is 3.88. The van der Waals surface area contributed by atoms with E-state index in [9.17, 15) is 4.79 Å². The number of rotatable bonds is 7. The van der Waals surface area contributed by atoms with Gasteiger partial charge in [0.15, 0.2) is 0 Å². The van der Waals surface area contributed by atoms with Crippen molar-refractivity contribution in [2.75, 3.05) is 43.5 Å². The van der Waals surface area contributed by atoms with Gasteiger partial charge in [-0.05, 0) is 36.6 Å². The summed E-state index contributed by atoms with van der Waals surface area (Å²) in [5, 5.41) is 3.99. The van der Waals surface area contributed by atoms with Crippen LogP contribution in [0.3, 0.4) is 0 Å². The number of carbonyl (C=O) groups excluding carboxylic acids is 1. The lowest BCUT2D eigenvalue weighted by atomic mass is 10.0. The predicted octanol–water partition coefficient (Wildman–Crippen LogP) is 3.65. The molecule has 1 aromatic rings. The van der Waals surface area contributed by atoms with Crippen LogP contribution in [-0.4, -0.2) is 49.5 Å². The van der Waals surface area contributed by atoms with E-state index in [4.69, 9.17) is 9.72 Å². The highest BCUT2D eigenvalue weighted by Crippen LogP contribution is 2.29. The fraction of sp³-hybridized carbons (Fsp3) is 0.700. The van der Waals surface area contributed by atoms with E-state index in [-0.39, 0.29) is 5.91 Å². The number of aryl methyl sites for hydroxylation is 1. The van der Waals surface area contributed by atoms with E-state index in [2.05, 4.69) is 23.2 Å². The second kappa shape index (κ2) is 9.60. The van der Waals surface area contributed by atoms with Crippen LogP contribution in [0.4, 0.5) is 5.82 Å². The first-order chi connectivity index (χ1) is 12.7. The summed E-state index contributed by atoms with van der Waals surface area (Å²) in [5.74, 6) is 2.69. The number of hydrogen-bond donors (Lipinski definition) is 1. The summed E-state index contributed by atoms with van der Waals surface area (Å²) in [7, 11) is 0. The van der Waals surface area contributed by atoms with Crippen LogP contribution in [0.25, 0.3) is 0 Å². The van der Waals surface area contributed by atoms with Gasteiger partial charge in [-0.2, -0.15) is 0 Å². The summed E-state index contributed by atoms with van der Waals surface area (Å²) in [6.45, 7) is 8.08. The normalized spacial score (nSPS) is 18.3. The first-order valence-corrected chi connectivity index (χ1v) is 10.9. The highest BCUT2D eigenvalue weighted by Gasteiger charge is 2.21. The highest BCUT2D eigenvalue weighted by atomic mass is 32.2. The summed E-state index contributed by atoms with van der Waals surface area (Å²) >= 11 is 1.65. The lowest BCUT2D eigenvalue weighted by Crippen LogP contribution is -2.37. The van der Waals surface area contributed by atoms with Gasteiger partial charge >= 0.3 is 0 Å². The molecule has 1 aliphatic carbocycles. The average molecular weight is 378 g/mol. The molecule has 26 heavy (non-hydrogen) atoms. The van der Waals surface area contributed by atoms with Crippen LogP contribution in [-0.2, 0) is 4.74 Å². The van der Waals surface area contributed by atoms with Gasteiger partial charge in [-0.15, -0.1) is 11.8 Å². The fourth-order valence-corrected chi connectivity index (χ4v) is 4.71. The van der Waals surface area contributed by atoms with Crippen LogP contribution in [0.15, 0.2) is 11.1 Å². The van der Waals surface area contributed by atoms with Gasteiger partial charge in [0.25, 0.3) is 5.91 Å². The van der Waals surface area contributed by atoms with E-state index >= 15 is 0 Å². The topological polar surface area (TPSA) is 54.5 Å². The number of morpholine rings is 1. The molecule has 6 heteroatoms. The predicted molar refractivity (Wildman–Crippen MR) is 107 cm³/mol. The number of nitrogens with zero attached hydrogens (tertiary/aromatic N) is 2. The SMILES string of the molecule is CCSc1nc(N2CCOCC2)cc(C)c1C(=O)NCCC1CCCC1. The van der Waals surface area contributed by atoms with Crippen LogP contribution in [0, 0.1) is 12.8 Å². The molecule has 0 atom stereocenters. The van der Waals surface area contributed by atoms with Gasteiger partial charge in [-0.25, -0.2) is 4.98 Å². The van der Waals surface area contributed by atoms with Crippen LogP contribution >= 0.6 is 11.8 Å². The van der Waals surface area contributed by atoms with Crippen molar-refractivity contribution in [3.05, 3.63) is 17.2 Å². The van der Waals surface area contributed by atoms with Crippen LogP contribution < -0.4 is 10.2 Å². The number of hydrogen-bond acceptors (Lipinski definition) is 5. The lowest BCUT2D eigenvalue weighted by Gasteiger charge is -2.29. The molecule has 1 N–H and O–H groups in total. The average Bonchev–Trinajstić information content (AvgIpc) is 3.16. The quantitative estimate of drug-likeness (QED) is 0.735. The Morgan fingerprint density at radius 3 is 2.77 bits per heavy atom. The molecule has 0 aromatic carbocycles. The molecule has 2 aliphatic rings. The molecule has 1 saturated carbocycles. The Balaban J connectivity index is 1.70. The monoisotopic (exact) mass is 377 g/mol. The molecule has 144 valence electrons. The largest absolute Gasteiger partial charge is 0.378 e. The maximum atomic E-state index is 12.8. The minimum absolute atomic E-state index is 0.0254. The molecule has 5 nitrogen and oxygen atoms in total. The van der Waals surface area contributed by atoms with Crippen LogP contribution in [0.5, 0.6) is 0 Å². The zero-order valence-corrected chi connectivity index (χ0v) is 16.9. The van der Waals surface area contributed by atoms with Crippen molar-refractivity contribution in [2.45, 2.75) is 51.0 Å². The van der Waals surface area contributed by atoms with E-state index in [1.54, 1.807) is 11.8 Å². The summed E-state index contributed by atoms with van der Waals surface area (Å²) < 4.78 is 5.44. The summed E-state index contributed by atoms with van der Waals surface area (Å²) in [5.41, 5.74) is 1.76. The molecular formula is C20H31N3O2S. The Labute approximate surface area is 161 Å². The van der Waals surface area contributed by atoms with Gasteiger partial charge in [0.1, 0.15) is 10.8 Å². The van der Waals surface area contributed by atoms with Gasteiger partial charge in [-0.3, -0.25) is 4.79 Å². The molecule has 0 spiro atoms. The Hall–Kier alpha value is -1.27. The van der Waals surface area contributed by atoms with Crippen molar-refractivity contribution in [2.24, 2.45) is 5.92 Å². The van der Waals surface area contributed by atoms with Crippen molar-refractivity contribution in [3.63, 3.8) is 0 Å². The minimum Gasteiger partial charge on any atom is -0.378 e. The third-order valence-corrected chi connectivity index (χ3v) is 6.18. The molecule has 2 heterocycles. The van der Waals surface area contributed by atoms with Crippen molar-refractivity contribution in [1.29, 1.82) is 0 Å². The standard InChI is InChI=1S/C20H31N3O2S/c1-3-26-20-18(19(24)21-9-8-16-6-4-5-7-16)15(2)14-17(22-20)23-10-12-25-13-11-23/h14,16H,3-13H2,1-2H3,(H,21,24). The van der Waals surface area contributed by atoms with Gasteiger partial charge in [0, 0.05) is 19.6 Å². The third-order valence-electron chi connectivity index (χ3n) is 5.33. The van der Waals surface area contributed by atoms with Gasteiger partial charge in [0.05, 0.1) is 18.8 Å². The van der Waals surface area contributed by atoms with E-state index in [1.807, 2.05) is 6.92 Å². The minimum atomic E-state index is 0.0254. The molecule has 0 radical (unpaired) electrons. The van der Waals surface area contributed by atoms with Gasteiger partial charge in [-0.1, -0.05) is 32.6 Å². The van der Waals surface area contributed by atoms with Crippen molar-refractivity contribution in [1.82, 2.24) is 10.3 Å². The maximum Gasteiger partial charge on any atom is 0.254 e. The lowest BCUT2D eigenvalue weighted by molar-refractivity contribution is 0.0947. The first kappa shape index (κ1) is 19.5. The highest BCUT2D eigenvalue weighted by molar-refractivity contribution is 7.99. The number of amides is 1. The van der Waals surface area contributed by atoms with E-state index in [1.165, 1.54) is 25.7 Å². The Morgan fingerprint density at radius 1 is 1.35 bits per heavy atom. The van der Waals surface area contributed by atoms with E-state index < -0.39 is 0 Å². The number of ether oxygens (including phenoxy) is 1. The third kappa shape index (κ3) is 4.92. The number of thioether (sulfide) groups is 1. The summed E-state index contributed by atoms with van der Waals surface area (Å²) in [4.78, 5) is 19.9. The number of anilines is 1. The van der Waals surface area contributed by atoms with Crippen molar-refractivity contribution in [3.8, 4) is 0 Å². The molecule has 0 bridgehead atoms. The molecule has 1 saturated heterocycles. The maximum absolute atomic E-state index is 12.8. The second-order valence-electron chi connectivity index (χ2n) is 7.20. The Kier molecular flexibility index (Phi) is 7.20. The number of carbonyl (C=O) groups is 1. The number of aromatic nitrogens is 1. The van der Waals surface area contributed by atoms with Gasteiger partial charge < -0.3 is 15.0 Å². The van der Waals surface area contributed by atoms with Gasteiger partial charge in [0.2, 0.25) is 0 Å². The molecule has 2 fully saturated rings. The van der Waals surface area contributed by atoms with Crippen LogP contribution in [0.2, 0.25) is 0 Å². The second-order valence-corrected chi connectivity index (χ2v) is 8.46. The first-order valence-electron chi connectivity index (χ1n) is 9.94. The van der Waals surface area contributed by atoms with Crippen molar-refractivity contribution < 1.29 is 9.53 Å². The molecule has 1 amide bonds. The zero-order valence-electron chi connectivity index (χ0n) is 16.1. The Bertz CT molecular complexity index is 611. The molecule has 0 unspecified atom stereocenters.